The molecule has 37 heavy (non-hydrogen) atoms. The highest BCUT2D eigenvalue weighted by Crippen LogP contribution is 2.26. The largest absolute Gasteiger partial charge is 0.446 e. The quantitative estimate of drug-likeness (QED) is 0.154. The zero-order valence-corrected chi connectivity index (χ0v) is 20.5. The summed E-state index contributed by atoms with van der Waals surface area (Å²) in [6.07, 6.45) is 0.513. The number of anilines is 1. The molecule has 2 aromatic heterocycles. The van der Waals surface area contributed by atoms with E-state index in [0.717, 1.165) is 4.57 Å². The summed E-state index contributed by atoms with van der Waals surface area (Å²) in [5.74, 6) is -1.94. The molecule has 192 valence electrons. The minimum atomic E-state index is -0.811. The predicted octanol–water partition coefficient (Wildman–Crippen LogP) is 2.39. The second kappa shape index (κ2) is 11.6. The van der Waals surface area contributed by atoms with Crippen molar-refractivity contribution in [3.05, 3.63) is 74.7 Å². The molecule has 4 N–H and O–H groups in total. The van der Waals surface area contributed by atoms with Crippen molar-refractivity contribution in [3.8, 4) is 17.2 Å². The van der Waals surface area contributed by atoms with E-state index in [4.69, 9.17) is 14.9 Å². The van der Waals surface area contributed by atoms with Gasteiger partial charge in [-0.05, 0) is 68.6 Å². The first kappa shape index (κ1) is 25.7. The summed E-state index contributed by atoms with van der Waals surface area (Å²) < 4.78 is 37.4. The minimum Gasteiger partial charge on any atom is -0.370 e. The highest BCUT2D eigenvalue weighted by molar-refractivity contribution is 9.10. The molecule has 15 heteroatoms. The Balaban J connectivity index is 1.32. The van der Waals surface area contributed by atoms with E-state index in [9.17, 15) is 18.4 Å². The first-order valence-electron chi connectivity index (χ1n) is 10.8. The fraction of sp³-hybridized carbons (Fsp3) is 0.182. The molecule has 0 spiro atoms. The van der Waals surface area contributed by atoms with E-state index >= 15 is 0 Å². The zero-order valence-electron chi connectivity index (χ0n) is 19.0. The molecule has 0 saturated heterocycles. The van der Waals surface area contributed by atoms with Crippen LogP contribution in [0.3, 0.4) is 0 Å². The predicted molar refractivity (Wildman–Crippen MR) is 131 cm³/mol. The topological polar surface area (TPSA) is 166 Å². The molecule has 2 aromatic carbocycles. The summed E-state index contributed by atoms with van der Waals surface area (Å²) in [7, 11) is 0. The third-order valence-electron chi connectivity index (χ3n) is 4.92. The van der Waals surface area contributed by atoms with Gasteiger partial charge in [0.2, 0.25) is 17.5 Å². The number of nitrogens with two attached hydrogens (primary N) is 1. The molecule has 2 heterocycles. The molecular formula is C22H19BrF2N8O4. The van der Waals surface area contributed by atoms with Crippen LogP contribution in [0.25, 0.3) is 17.2 Å². The van der Waals surface area contributed by atoms with Crippen LogP contribution in [0.2, 0.25) is 0 Å². The summed E-state index contributed by atoms with van der Waals surface area (Å²) >= 11 is 3.08. The Morgan fingerprint density at radius 1 is 1.14 bits per heavy atom. The van der Waals surface area contributed by atoms with Gasteiger partial charge in [-0.2, -0.15) is 0 Å². The Bertz CT molecular complexity index is 1480. The van der Waals surface area contributed by atoms with E-state index < -0.39 is 11.6 Å². The van der Waals surface area contributed by atoms with Crippen LogP contribution in [0.5, 0.6) is 0 Å². The van der Waals surface area contributed by atoms with Crippen molar-refractivity contribution >= 4 is 33.6 Å². The van der Waals surface area contributed by atoms with Crippen LogP contribution in [0.15, 0.2) is 65.9 Å². The van der Waals surface area contributed by atoms with Gasteiger partial charge in [0.15, 0.2) is 11.7 Å². The summed E-state index contributed by atoms with van der Waals surface area (Å²) in [5.41, 5.74) is 6.77. The van der Waals surface area contributed by atoms with Crippen molar-refractivity contribution in [1.82, 2.24) is 25.4 Å². The van der Waals surface area contributed by atoms with Gasteiger partial charge in [-0.3, -0.25) is 19.6 Å². The van der Waals surface area contributed by atoms with Gasteiger partial charge < -0.3 is 11.1 Å². The van der Waals surface area contributed by atoms with E-state index in [1.165, 1.54) is 42.5 Å². The molecule has 0 aliphatic rings. The number of aliphatic imine (C=N–C) groups is 1. The molecule has 0 unspecified atom stereocenters. The number of hydrogen-bond donors (Lipinski definition) is 3. The number of guanidine groups is 1. The first-order valence-corrected chi connectivity index (χ1v) is 11.6. The normalized spacial score (nSPS) is 11.5. The fourth-order valence-corrected chi connectivity index (χ4v) is 3.57. The van der Waals surface area contributed by atoms with Gasteiger partial charge in [0.1, 0.15) is 11.6 Å². The number of rotatable bonds is 9. The standard InChI is InChI=1S/C22H19BrF2N8O4/c23-15-11-14(6-7-16(15)25)33-20(32-36-22(33)35)18-19(31-37-30-18)27-8-1-9-28-21(26)29-17(34)10-12-2-4-13(24)5-3-12/h2-7,11H,1,8-10H2,(H,27,31)(H3,26,28,29,34). The first-order chi connectivity index (χ1) is 17.8. The fourth-order valence-electron chi connectivity index (χ4n) is 3.20. The Morgan fingerprint density at radius 3 is 2.68 bits per heavy atom. The van der Waals surface area contributed by atoms with Crippen LogP contribution in [0.1, 0.15) is 12.0 Å². The molecule has 0 aliphatic carbocycles. The molecule has 4 rings (SSSR count). The number of nitrogens with zero attached hydrogens (tertiary/aromatic N) is 5. The molecule has 0 bridgehead atoms. The lowest BCUT2D eigenvalue weighted by Crippen LogP contribution is -2.37. The Morgan fingerprint density at radius 2 is 1.92 bits per heavy atom. The lowest BCUT2D eigenvalue weighted by Gasteiger charge is -2.06. The summed E-state index contributed by atoms with van der Waals surface area (Å²) in [6.45, 7) is 0.625. The van der Waals surface area contributed by atoms with Gasteiger partial charge in [0.05, 0.1) is 16.6 Å². The average Bonchev–Trinajstić information content (AvgIpc) is 3.48. The van der Waals surface area contributed by atoms with Crippen LogP contribution < -0.4 is 22.1 Å². The Hall–Kier alpha value is -4.40. The van der Waals surface area contributed by atoms with E-state index in [2.05, 4.69) is 47.0 Å². The van der Waals surface area contributed by atoms with Gasteiger partial charge in [0.25, 0.3) is 0 Å². The van der Waals surface area contributed by atoms with Gasteiger partial charge >= 0.3 is 5.76 Å². The Kier molecular flexibility index (Phi) is 8.02. The van der Waals surface area contributed by atoms with E-state index in [1.54, 1.807) is 0 Å². The molecule has 0 fully saturated rings. The number of carbonyl (C=O) groups excluding carboxylic acids is 1. The van der Waals surface area contributed by atoms with Gasteiger partial charge in [-0.1, -0.05) is 17.3 Å². The van der Waals surface area contributed by atoms with Crippen LogP contribution in [0.4, 0.5) is 14.6 Å². The number of amides is 1. The third kappa shape index (κ3) is 6.43. The molecule has 4 aromatic rings. The van der Waals surface area contributed by atoms with Crippen LogP contribution in [-0.2, 0) is 11.2 Å². The number of aromatic nitrogens is 4. The monoisotopic (exact) mass is 576 g/mol. The van der Waals surface area contributed by atoms with Crippen LogP contribution in [0, 0.1) is 11.6 Å². The molecule has 0 radical (unpaired) electrons. The van der Waals surface area contributed by atoms with Crippen molar-refractivity contribution in [2.45, 2.75) is 12.8 Å². The highest BCUT2D eigenvalue weighted by atomic mass is 79.9. The lowest BCUT2D eigenvalue weighted by molar-refractivity contribution is -0.119. The molecule has 1 amide bonds. The smallest absolute Gasteiger partial charge is 0.370 e. The SMILES string of the molecule is NC(=NCCCNc1nonc1-c1noc(=O)n1-c1ccc(F)c(Br)c1)NC(=O)Cc1ccc(F)cc1. The minimum absolute atomic E-state index is 0.00149. The zero-order chi connectivity index (χ0) is 26.4. The number of halogens is 3. The van der Waals surface area contributed by atoms with Gasteiger partial charge in [-0.25, -0.2) is 22.8 Å². The number of carbonyl (C=O) groups is 1. The lowest BCUT2D eigenvalue weighted by atomic mass is 10.1. The van der Waals surface area contributed by atoms with Crippen molar-refractivity contribution in [2.24, 2.45) is 10.7 Å². The number of nitrogens with one attached hydrogen (secondary N) is 2. The van der Waals surface area contributed by atoms with Crippen LogP contribution in [-0.4, -0.2) is 45.0 Å². The van der Waals surface area contributed by atoms with E-state index in [0.29, 0.717) is 18.5 Å². The molecule has 12 nitrogen and oxygen atoms in total. The molecular weight excluding hydrogens is 558 g/mol. The molecule has 0 atom stereocenters. The number of hydrogen-bond acceptors (Lipinski definition) is 9. The third-order valence-corrected chi connectivity index (χ3v) is 5.53. The van der Waals surface area contributed by atoms with E-state index in [-0.39, 0.29) is 58.1 Å². The average molecular weight is 577 g/mol. The maximum Gasteiger partial charge on any atom is 0.446 e. The van der Waals surface area contributed by atoms with Crippen molar-refractivity contribution in [3.63, 3.8) is 0 Å². The van der Waals surface area contributed by atoms with Crippen molar-refractivity contribution in [1.29, 1.82) is 0 Å². The maximum atomic E-state index is 13.6. The second-order valence-electron chi connectivity index (χ2n) is 7.57. The Labute approximate surface area is 215 Å². The maximum absolute atomic E-state index is 13.6. The van der Waals surface area contributed by atoms with Crippen LogP contribution >= 0.6 is 15.9 Å². The molecule has 0 aliphatic heterocycles. The van der Waals surface area contributed by atoms with Gasteiger partial charge in [0, 0.05) is 13.1 Å². The van der Waals surface area contributed by atoms with Crippen molar-refractivity contribution in [2.75, 3.05) is 18.4 Å². The van der Waals surface area contributed by atoms with E-state index in [1.807, 2.05) is 0 Å². The summed E-state index contributed by atoms with van der Waals surface area (Å²) in [4.78, 5) is 28.4. The summed E-state index contributed by atoms with van der Waals surface area (Å²) in [6, 6.07) is 9.51. The summed E-state index contributed by atoms with van der Waals surface area (Å²) in [5, 5.41) is 16.8. The highest BCUT2D eigenvalue weighted by Gasteiger charge is 2.23. The van der Waals surface area contributed by atoms with Crippen molar-refractivity contribution < 1.29 is 22.7 Å². The number of benzene rings is 2. The van der Waals surface area contributed by atoms with Gasteiger partial charge in [-0.15, -0.1) is 0 Å². The second-order valence-corrected chi connectivity index (χ2v) is 8.42. The molecule has 0 saturated carbocycles.